The molecule has 0 amide bonds. The Balaban J connectivity index is 1.68. The fraction of sp³-hybridized carbons (Fsp3) is 0.450. The van der Waals surface area contributed by atoms with Crippen molar-refractivity contribution in [3.63, 3.8) is 0 Å². The number of halogens is 2. The van der Waals surface area contributed by atoms with Crippen molar-refractivity contribution < 1.29 is 13.9 Å². The molecule has 0 spiro atoms. The second-order valence-corrected chi connectivity index (χ2v) is 7.27. The Kier molecular flexibility index (Phi) is 5.84. The summed E-state index contributed by atoms with van der Waals surface area (Å²) in [6.07, 6.45) is 7.87. The third-order valence-corrected chi connectivity index (χ3v) is 5.17. The van der Waals surface area contributed by atoms with Crippen LogP contribution in [0.15, 0.2) is 24.4 Å². The highest BCUT2D eigenvalue weighted by Crippen LogP contribution is 2.27. The number of nitrogens with zero attached hydrogens (tertiary/aromatic N) is 4. The number of aliphatic hydroxyl groups is 1. The van der Waals surface area contributed by atoms with Crippen LogP contribution in [-0.2, 0) is 6.54 Å². The Morgan fingerprint density at radius 3 is 2.59 bits per heavy atom. The Hall–Kier alpha value is -2.81. The van der Waals surface area contributed by atoms with E-state index < -0.39 is 11.6 Å². The van der Waals surface area contributed by atoms with E-state index >= 15 is 0 Å². The van der Waals surface area contributed by atoms with Crippen LogP contribution in [0.4, 0.5) is 26.4 Å². The van der Waals surface area contributed by atoms with E-state index in [1.54, 1.807) is 10.8 Å². The van der Waals surface area contributed by atoms with Gasteiger partial charge in [-0.1, -0.05) is 25.3 Å². The van der Waals surface area contributed by atoms with Crippen LogP contribution in [0.2, 0.25) is 0 Å². The van der Waals surface area contributed by atoms with Gasteiger partial charge in [0.2, 0.25) is 11.9 Å². The number of nitrogens with one attached hydrogen (secondary N) is 2. The Morgan fingerprint density at radius 2 is 1.86 bits per heavy atom. The molecule has 2 heterocycles. The zero-order valence-corrected chi connectivity index (χ0v) is 16.0. The van der Waals surface area contributed by atoms with Gasteiger partial charge in [0.25, 0.3) is 0 Å². The highest BCUT2D eigenvalue weighted by molar-refractivity contribution is 5.76. The van der Waals surface area contributed by atoms with Crippen molar-refractivity contribution in [2.75, 3.05) is 17.2 Å². The molecule has 0 unspecified atom stereocenters. The summed E-state index contributed by atoms with van der Waals surface area (Å²) in [5.74, 6) is -0.659. The molecular weight excluding hydrogens is 378 g/mol. The first kappa shape index (κ1) is 19.5. The lowest BCUT2D eigenvalue weighted by Crippen LogP contribution is -2.23. The summed E-state index contributed by atoms with van der Waals surface area (Å²) in [5.41, 5.74) is 0.781. The number of para-hydroxylation sites is 1. The molecule has 1 aliphatic carbocycles. The Morgan fingerprint density at radius 1 is 1.10 bits per heavy atom. The summed E-state index contributed by atoms with van der Waals surface area (Å²) in [6, 6.07) is 4.01. The first-order chi connectivity index (χ1) is 14.2. The SMILES string of the molecule is OCCCn1c(Nc2c(F)cccc2F)nc2cnc(NC3CCCCC3)nc21. The molecule has 3 N–H and O–H groups in total. The zero-order chi connectivity index (χ0) is 20.2. The summed E-state index contributed by atoms with van der Waals surface area (Å²) in [7, 11) is 0. The van der Waals surface area contributed by atoms with Crippen molar-refractivity contribution in [2.45, 2.75) is 51.1 Å². The fourth-order valence-corrected chi connectivity index (χ4v) is 3.68. The Labute approximate surface area is 167 Å². The van der Waals surface area contributed by atoms with Crippen LogP contribution < -0.4 is 10.6 Å². The lowest BCUT2D eigenvalue weighted by Gasteiger charge is -2.22. The molecule has 1 aliphatic rings. The number of hydrogen-bond donors (Lipinski definition) is 3. The predicted molar refractivity (Wildman–Crippen MR) is 107 cm³/mol. The lowest BCUT2D eigenvalue weighted by molar-refractivity contribution is 0.280. The normalized spacial score (nSPS) is 15.0. The zero-order valence-electron chi connectivity index (χ0n) is 16.0. The van der Waals surface area contributed by atoms with Gasteiger partial charge in [-0.25, -0.2) is 18.7 Å². The number of hydrogen-bond acceptors (Lipinski definition) is 6. The van der Waals surface area contributed by atoms with Gasteiger partial charge in [-0.05, 0) is 31.4 Å². The van der Waals surface area contributed by atoms with Gasteiger partial charge in [0, 0.05) is 19.2 Å². The number of rotatable bonds is 7. The average molecular weight is 402 g/mol. The highest BCUT2D eigenvalue weighted by Gasteiger charge is 2.18. The van der Waals surface area contributed by atoms with Crippen molar-refractivity contribution in [2.24, 2.45) is 0 Å². The molecule has 0 atom stereocenters. The summed E-state index contributed by atoms with van der Waals surface area (Å²) in [4.78, 5) is 13.4. The maximum atomic E-state index is 14.1. The molecule has 1 aromatic carbocycles. The summed E-state index contributed by atoms with van der Waals surface area (Å²) in [5, 5.41) is 15.4. The molecule has 0 aliphatic heterocycles. The molecular formula is C20H24F2N6O. The third-order valence-electron chi connectivity index (χ3n) is 5.17. The lowest BCUT2D eigenvalue weighted by atomic mass is 9.96. The topological polar surface area (TPSA) is 87.9 Å². The largest absolute Gasteiger partial charge is 0.396 e. The molecule has 0 radical (unpaired) electrons. The van der Waals surface area contributed by atoms with Crippen molar-refractivity contribution in [3.8, 4) is 0 Å². The number of benzene rings is 1. The molecule has 2 aromatic heterocycles. The van der Waals surface area contributed by atoms with E-state index in [9.17, 15) is 13.9 Å². The second-order valence-electron chi connectivity index (χ2n) is 7.27. The third kappa shape index (κ3) is 4.29. The number of aryl methyl sites for hydroxylation is 1. The van der Waals surface area contributed by atoms with E-state index in [1.807, 2.05) is 0 Å². The maximum absolute atomic E-state index is 14.1. The van der Waals surface area contributed by atoms with Gasteiger partial charge in [-0.2, -0.15) is 4.98 Å². The predicted octanol–water partition coefficient (Wildman–Crippen LogP) is 3.98. The minimum atomic E-state index is -0.712. The van der Waals surface area contributed by atoms with Crippen molar-refractivity contribution in [1.29, 1.82) is 0 Å². The van der Waals surface area contributed by atoms with Crippen LogP contribution in [-0.4, -0.2) is 37.3 Å². The summed E-state index contributed by atoms with van der Waals surface area (Å²) >= 11 is 0. The van der Waals surface area contributed by atoms with E-state index in [0.29, 0.717) is 36.1 Å². The van der Waals surface area contributed by atoms with Crippen LogP contribution in [0.3, 0.4) is 0 Å². The van der Waals surface area contributed by atoms with Crippen LogP contribution in [0.5, 0.6) is 0 Å². The molecule has 7 nitrogen and oxygen atoms in total. The number of aromatic nitrogens is 4. The van der Waals surface area contributed by atoms with Crippen molar-refractivity contribution >= 4 is 28.7 Å². The molecule has 9 heteroatoms. The quantitative estimate of drug-likeness (QED) is 0.554. The Bertz CT molecular complexity index is 966. The number of imidazole rings is 1. The van der Waals surface area contributed by atoms with Gasteiger partial charge in [0.05, 0.1) is 6.20 Å². The molecule has 4 rings (SSSR count). The second kappa shape index (κ2) is 8.69. The van der Waals surface area contributed by atoms with E-state index in [2.05, 4.69) is 25.6 Å². The van der Waals surface area contributed by atoms with Gasteiger partial charge in [-0.3, -0.25) is 4.57 Å². The number of fused-ring (bicyclic) bond motifs is 1. The van der Waals surface area contributed by atoms with Gasteiger partial charge in [-0.15, -0.1) is 0 Å². The minimum absolute atomic E-state index is 0.0224. The first-order valence-corrected chi connectivity index (χ1v) is 9.97. The van der Waals surface area contributed by atoms with Crippen molar-refractivity contribution in [3.05, 3.63) is 36.0 Å². The van der Waals surface area contributed by atoms with Crippen LogP contribution in [0.25, 0.3) is 11.2 Å². The van der Waals surface area contributed by atoms with E-state index in [1.165, 1.54) is 37.5 Å². The van der Waals surface area contributed by atoms with Gasteiger partial charge in [0.1, 0.15) is 22.8 Å². The highest BCUT2D eigenvalue weighted by atomic mass is 19.1. The smallest absolute Gasteiger partial charge is 0.224 e. The fourth-order valence-electron chi connectivity index (χ4n) is 3.68. The van der Waals surface area contributed by atoms with E-state index in [4.69, 9.17) is 0 Å². The molecule has 0 saturated heterocycles. The first-order valence-electron chi connectivity index (χ1n) is 9.97. The van der Waals surface area contributed by atoms with Gasteiger partial charge >= 0.3 is 0 Å². The molecule has 0 bridgehead atoms. The van der Waals surface area contributed by atoms with Crippen LogP contribution in [0, 0.1) is 11.6 Å². The van der Waals surface area contributed by atoms with Gasteiger partial charge < -0.3 is 15.7 Å². The van der Waals surface area contributed by atoms with Crippen LogP contribution >= 0.6 is 0 Å². The van der Waals surface area contributed by atoms with E-state index in [0.717, 1.165) is 12.8 Å². The standard InChI is InChI=1S/C20H24F2N6O/c21-14-8-4-9-15(22)17(14)26-20-25-16-12-23-19(24-13-6-2-1-3-7-13)27-18(16)28(20)10-5-11-29/h4,8-9,12-13,29H,1-3,5-7,10-11H2,(H,25,26)(H,23,24,27). The van der Waals surface area contributed by atoms with E-state index in [-0.39, 0.29) is 18.2 Å². The number of anilines is 3. The van der Waals surface area contributed by atoms with Crippen molar-refractivity contribution in [1.82, 2.24) is 19.5 Å². The maximum Gasteiger partial charge on any atom is 0.224 e. The van der Waals surface area contributed by atoms with Crippen LogP contribution in [0.1, 0.15) is 38.5 Å². The molecule has 1 saturated carbocycles. The molecule has 154 valence electrons. The summed E-state index contributed by atoms with van der Waals surface area (Å²) < 4.78 is 29.9. The molecule has 29 heavy (non-hydrogen) atoms. The van der Waals surface area contributed by atoms with Gasteiger partial charge in [0.15, 0.2) is 5.65 Å². The molecule has 1 fully saturated rings. The molecule has 3 aromatic rings. The average Bonchev–Trinajstić information content (AvgIpc) is 3.06. The minimum Gasteiger partial charge on any atom is -0.396 e. The number of aliphatic hydroxyl groups excluding tert-OH is 1. The summed E-state index contributed by atoms with van der Waals surface area (Å²) in [6.45, 7) is 0.372. The monoisotopic (exact) mass is 402 g/mol.